The highest BCUT2D eigenvalue weighted by Crippen LogP contribution is 2.26. The molecule has 0 saturated carbocycles. The van der Waals surface area contributed by atoms with Crippen LogP contribution in [-0.2, 0) is 71.7 Å². The summed E-state index contributed by atoms with van der Waals surface area (Å²) in [6, 6.07) is -4.24. The van der Waals surface area contributed by atoms with E-state index in [4.69, 9.17) is 41.3 Å². The standard InChI is InChI=1S/C46H81N9O17SSi/c1-29(2)41(30(3)56)74-54-37(58)10-5-4-8-18-55-38(59)27-35(46(55)68)73-28-32(48)43(65)53-34(12-14-40(62)63)45(67)51-17-20-70-22-24-72-26-25-71-23-21-69-19-15-36(57)52-33(11-13-39(60)61)44(66)50-16-7-6-9-31(47)42(49)64/h29,31-35,41H,4-28,47-48,74H2,1-3H3,(H2,49,64)(H,50,66)(H,51,67)(H,52,57)(H,53,65)(H,54,58)(H,60,61)(H,62,63)/t31-,32-,33-,34-,35?,41-/m0/s1. The smallest absolute Gasteiger partial charge is 0.303 e. The minimum Gasteiger partial charge on any atom is -0.481 e. The summed E-state index contributed by atoms with van der Waals surface area (Å²) in [5, 5.41) is 27.8. The molecule has 74 heavy (non-hydrogen) atoms. The van der Waals surface area contributed by atoms with E-state index in [1.165, 1.54) is 11.8 Å². The largest absolute Gasteiger partial charge is 0.481 e. The van der Waals surface area contributed by atoms with Crippen molar-refractivity contribution in [1.82, 2.24) is 31.1 Å². The third-order valence-electron chi connectivity index (χ3n) is 11.5. The van der Waals surface area contributed by atoms with Gasteiger partial charge in [-0.05, 0) is 57.8 Å². The number of rotatable bonds is 45. The highest BCUT2D eigenvalue weighted by Gasteiger charge is 2.39. The van der Waals surface area contributed by atoms with Gasteiger partial charge in [-0.3, -0.25) is 57.6 Å². The number of hydrogen-bond donors (Lipinski definition) is 10. The van der Waals surface area contributed by atoms with Gasteiger partial charge in [0.2, 0.25) is 47.3 Å². The Kier molecular flexibility index (Phi) is 35.6. The second kappa shape index (κ2) is 39.3. The van der Waals surface area contributed by atoms with Gasteiger partial charge in [-0.1, -0.05) is 20.3 Å². The van der Waals surface area contributed by atoms with Crippen molar-refractivity contribution in [2.24, 2.45) is 23.1 Å². The first-order valence-electron chi connectivity index (χ1n) is 25.1. The van der Waals surface area contributed by atoms with Crippen molar-refractivity contribution in [3.05, 3.63) is 0 Å². The second-order valence-corrected chi connectivity index (χ2v) is 20.8. The normalized spacial score (nSPS) is 15.6. The number of unbranched alkanes of at least 4 members (excludes halogenated alkanes) is 3. The summed E-state index contributed by atoms with van der Waals surface area (Å²) in [5.41, 5.74) is 16.7. The predicted octanol–water partition coefficient (Wildman–Crippen LogP) is -2.66. The van der Waals surface area contributed by atoms with E-state index in [0.717, 1.165) is 11.8 Å². The lowest BCUT2D eigenvalue weighted by molar-refractivity contribution is -0.139. The summed E-state index contributed by atoms with van der Waals surface area (Å²) in [6.07, 6.45) is 2.13. The summed E-state index contributed by atoms with van der Waals surface area (Å²) >= 11 is 1.04. The molecule has 13 N–H and O–H groups in total. The zero-order valence-electron chi connectivity index (χ0n) is 43.0. The molecular formula is C46H81N9O17SSi. The highest BCUT2D eigenvalue weighted by atomic mass is 32.2. The number of ether oxygens (including phenoxy) is 4. The molecule has 6 atom stereocenters. The Bertz CT molecular complexity index is 1820. The molecule has 1 unspecified atom stereocenters. The molecule has 1 rings (SSSR count). The molecule has 1 fully saturated rings. The van der Waals surface area contributed by atoms with Gasteiger partial charge in [-0.15, -0.1) is 11.8 Å². The van der Waals surface area contributed by atoms with E-state index < -0.39 is 92.9 Å². The van der Waals surface area contributed by atoms with Crippen LogP contribution in [0.5, 0.6) is 0 Å². The molecule has 0 aromatic rings. The van der Waals surface area contributed by atoms with Gasteiger partial charge in [-0.2, -0.15) is 0 Å². The Labute approximate surface area is 438 Å². The zero-order chi connectivity index (χ0) is 55.4. The Morgan fingerprint density at radius 2 is 1.22 bits per heavy atom. The number of amides is 8. The maximum atomic E-state index is 13.0. The number of ketones is 1. The maximum Gasteiger partial charge on any atom is 0.303 e. The summed E-state index contributed by atoms with van der Waals surface area (Å²) in [4.78, 5) is 138. The monoisotopic (exact) mass is 1090 g/mol. The number of likely N-dealkylation sites (tertiary alicyclic amines) is 1. The number of thioether (sulfide) groups is 1. The van der Waals surface area contributed by atoms with E-state index in [0.29, 0.717) is 38.5 Å². The molecule has 0 aliphatic carbocycles. The van der Waals surface area contributed by atoms with Crippen LogP contribution in [0.2, 0.25) is 5.54 Å². The SMILES string of the molecule is CC(=O)[C@@H]([SiH2]NC(=O)CCCCCN1C(=O)CC(SC[C@H](N)C(=O)N[C@@H](CCC(=O)O)C(=O)NCCOCCOCCOCCOCCC(=O)N[C@@H](CCC(=O)O)C(=O)NCCCC[C@H](N)C(N)=O)C1=O)C(C)C. The summed E-state index contributed by atoms with van der Waals surface area (Å²) in [5.74, 6) is -6.01. The Hall–Kier alpha value is -5.10. The minimum absolute atomic E-state index is 0.0260. The molecule has 0 aromatic carbocycles. The number of hydrogen-bond acceptors (Lipinski definition) is 18. The molecule has 0 radical (unpaired) electrons. The van der Waals surface area contributed by atoms with Crippen molar-refractivity contribution in [2.75, 3.05) is 78.2 Å². The van der Waals surface area contributed by atoms with Crippen LogP contribution >= 0.6 is 11.8 Å². The number of carboxylic acids is 2. The Balaban J connectivity index is 2.27. The van der Waals surface area contributed by atoms with Gasteiger partial charge in [0.25, 0.3) is 0 Å². The quantitative estimate of drug-likeness (QED) is 0.0169. The van der Waals surface area contributed by atoms with Crippen molar-refractivity contribution in [3.8, 4) is 0 Å². The molecule has 28 heteroatoms. The topological polar surface area (TPSA) is 407 Å². The van der Waals surface area contributed by atoms with Crippen LogP contribution in [0.25, 0.3) is 0 Å². The van der Waals surface area contributed by atoms with Crippen molar-refractivity contribution in [1.29, 1.82) is 0 Å². The van der Waals surface area contributed by atoms with Crippen molar-refractivity contribution in [2.45, 2.75) is 139 Å². The molecule has 1 aliphatic heterocycles. The molecule has 1 heterocycles. The first-order chi connectivity index (χ1) is 35.1. The van der Waals surface area contributed by atoms with Gasteiger partial charge >= 0.3 is 11.9 Å². The van der Waals surface area contributed by atoms with Crippen LogP contribution in [0.15, 0.2) is 0 Å². The average molecular weight is 1090 g/mol. The molecular weight excluding hydrogens is 1010 g/mol. The van der Waals surface area contributed by atoms with Crippen LogP contribution < -0.4 is 43.5 Å². The first kappa shape index (κ1) is 66.9. The van der Waals surface area contributed by atoms with Gasteiger partial charge in [0.1, 0.15) is 27.5 Å². The van der Waals surface area contributed by atoms with Gasteiger partial charge < -0.3 is 72.6 Å². The number of imide groups is 1. The third-order valence-corrected chi connectivity index (χ3v) is 15.3. The lowest BCUT2D eigenvalue weighted by Gasteiger charge is -2.21. The maximum absolute atomic E-state index is 13.0. The van der Waals surface area contributed by atoms with Crippen molar-refractivity contribution < 1.29 is 81.9 Å². The molecule has 8 amide bonds. The summed E-state index contributed by atoms with van der Waals surface area (Å²) in [6.45, 7) is 7.25. The third kappa shape index (κ3) is 30.9. The highest BCUT2D eigenvalue weighted by molar-refractivity contribution is 8.00. The van der Waals surface area contributed by atoms with Gasteiger partial charge in [0.05, 0.1) is 70.2 Å². The number of nitrogens with one attached hydrogen (secondary N) is 5. The molecule has 0 aromatic heterocycles. The lowest BCUT2D eigenvalue weighted by atomic mass is 10.1. The second-order valence-electron chi connectivity index (χ2n) is 17.9. The Morgan fingerprint density at radius 1 is 0.662 bits per heavy atom. The summed E-state index contributed by atoms with van der Waals surface area (Å²) in [7, 11) is -1.09. The van der Waals surface area contributed by atoms with Crippen LogP contribution in [0, 0.1) is 5.92 Å². The van der Waals surface area contributed by atoms with E-state index in [9.17, 15) is 57.8 Å². The van der Waals surface area contributed by atoms with E-state index in [1.807, 2.05) is 13.8 Å². The number of nitrogens with two attached hydrogens (primary N) is 3. The number of primary amides is 1. The molecule has 1 aliphatic rings. The lowest BCUT2D eigenvalue weighted by Crippen LogP contribution is -2.52. The van der Waals surface area contributed by atoms with Gasteiger partial charge in [0, 0.05) is 63.0 Å². The fourth-order valence-electron chi connectivity index (χ4n) is 7.09. The number of carbonyl (C=O) groups is 11. The van der Waals surface area contributed by atoms with E-state index in [-0.39, 0.29) is 146 Å². The van der Waals surface area contributed by atoms with Crippen molar-refractivity contribution in [3.63, 3.8) is 0 Å². The van der Waals surface area contributed by atoms with Crippen LogP contribution in [0.4, 0.5) is 0 Å². The molecule has 0 spiro atoms. The predicted molar refractivity (Wildman–Crippen MR) is 273 cm³/mol. The fourth-order valence-corrected chi connectivity index (χ4v) is 9.59. The van der Waals surface area contributed by atoms with E-state index in [2.05, 4.69) is 26.2 Å². The average Bonchev–Trinajstić information content (AvgIpc) is 3.61. The van der Waals surface area contributed by atoms with Crippen LogP contribution in [-0.4, -0.2) is 197 Å². The van der Waals surface area contributed by atoms with E-state index >= 15 is 0 Å². The van der Waals surface area contributed by atoms with E-state index in [1.54, 1.807) is 0 Å². The molecule has 0 bridgehead atoms. The zero-order valence-corrected chi connectivity index (χ0v) is 45.3. The van der Waals surface area contributed by atoms with Crippen LogP contribution in [0.3, 0.4) is 0 Å². The van der Waals surface area contributed by atoms with Crippen LogP contribution in [0.1, 0.15) is 104 Å². The molecule has 26 nitrogen and oxygen atoms in total. The number of Topliss-reactive ketones (excluding diaryl/α,β-unsaturated/α-hetero) is 1. The Morgan fingerprint density at radius 3 is 1.77 bits per heavy atom. The number of carbonyl (C=O) groups excluding carboxylic acids is 9. The van der Waals surface area contributed by atoms with Gasteiger partial charge in [-0.25, -0.2) is 0 Å². The minimum atomic E-state index is -1.22. The fraction of sp³-hybridized carbons (Fsp3) is 0.761. The van der Waals surface area contributed by atoms with Crippen molar-refractivity contribution >= 4 is 86.4 Å². The number of nitrogens with zero attached hydrogens (tertiary/aromatic N) is 1. The number of carboxylic acid groups (broad SMARTS) is 2. The first-order valence-corrected chi connectivity index (χ1v) is 27.6. The summed E-state index contributed by atoms with van der Waals surface area (Å²) < 4.78 is 21.8. The number of aliphatic carboxylic acids is 2. The molecule has 422 valence electrons. The van der Waals surface area contributed by atoms with Gasteiger partial charge in [0.15, 0.2) is 0 Å². The molecule has 1 saturated heterocycles.